The Morgan fingerprint density at radius 3 is 2.91 bits per heavy atom. The predicted molar refractivity (Wildman–Crippen MR) is 84.3 cm³/mol. The molecular formula is C15H13BrN2O4. The molecule has 0 atom stereocenters. The van der Waals surface area contributed by atoms with Gasteiger partial charge in [0, 0.05) is 28.0 Å². The van der Waals surface area contributed by atoms with Crippen molar-refractivity contribution < 1.29 is 14.3 Å². The zero-order valence-corrected chi connectivity index (χ0v) is 13.3. The number of anilines is 1. The maximum Gasteiger partial charge on any atom is 0.253 e. The molecule has 2 heterocycles. The van der Waals surface area contributed by atoms with Crippen LogP contribution in [0.3, 0.4) is 0 Å². The van der Waals surface area contributed by atoms with Crippen LogP contribution in [0.5, 0.6) is 11.5 Å². The van der Waals surface area contributed by atoms with E-state index in [1.54, 1.807) is 37.4 Å². The molecule has 22 heavy (non-hydrogen) atoms. The second-order valence-corrected chi connectivity index (χ2v) is 5.81. The van der Waals surface area contributed by atoms with E-state index in [1.165, 1.54) is 4.57 Å². The Balaban J connectivity index is 1.74. The molecule has 6 nitrogen and oxygen atoms in total. The number of aromatic nitrogens is 1. The van der Waals surface area contributed by atoms with Crippen LogP contribution in [0.25, 0.3) is 0 Å². The summed E-state index contributed by atoms with van der Waals surface area (Å²) in [6.07, 6.45) is 1.59. The maximum atomic E-state index is 12.1. The number of carbonyl (C=O) groups excluding carboxylic acids is 1. The van der Waals surface area contributed by atoms with E-state index in [2.05, 4.69) is 21.2 Å². The van der Waals surface area contributed by atoms with Gasteiger partial charge in [-0.05, 0) is 41.1 Å². The highest BCUT2D eigenvalue weighted by molar-refractivity contribution is 9.10. The Bertz CT molecular complexity index is 801. The van der Waals surface area contributed by atoms with Crippen molar-refractivity contribution >= 4 is 27.5 Å². The van der Waals surface area contributed by atoms with E-state index in [0.717, 1.165) is 4.47 Å². The third-order valence-corrected chi connectivity index (χ3v) is 3.64. The van der Waals surface area contributed by atoms with Gasteiger partial charge in [0.2, 0.25) is 12.7 Å². The monoisotopic (exact) mass is 364 g/mol. The average molecular weight is 365 g/mol. The van der Waals surface area contributed by atoms with Crippen LogP contribution in [0.1, 0.15) is 5.56 Å². The van der Waals surface area contributed by atoms with Crippen LogP contribution < -0.4 is 20.3 Å². The number of pyridine rings is 1. The largest absolute Gasteiger partial charge is 0.454 e. The molecule has 0 saturated carbocycles. The first-order valence-electron chi connectivity index (χ1n) is 6.59. The van der Waals surface area contributed by atoms with Crippen LogP contribution in [0, 0.1) is 6.92 Å². The van der Waals surface area contributed by atoms with Gasteiger partial charge < -0.3 is 19.4 Å². The minimum absolute atomic E-state index is 0.0619. The van der Waals surface area contributed by atoms with E-state index in [9.17, 15) is 9.59 Å². The highest BCUT2D eigenvalue weighted by atomic mass is 79.9. The first-order chi connectivity index (χ1) is 10.5. The third-order valence-electron chi connectivity index (χ3n) is 3.20. The number of benzene rings is 1. The number of rotatable bonds is 3. The smallest absolute Gasteiger partial charge is 0.253 e. The Morgan fingerprint density at radius 2 is 2.09 bits per heavy atom. The molecule has 0 spiro atoms. The van der Waals surface area contributed by atoms with Crippen molar-refractivity contribution in [3.8, 4) is 11.5 Å². The summed E-state index contributed by atoms with van der Waals surface area (Å²) < 4.78 is 12.6. The zero-order chi connectivity index (χ0) is 15.7. The molecule has 0 bridgehead atoms. The molecule has 1 aliphatic heterocycles. The summed E-state index contributed by atoms with van der Waals surface area (Å²) in [6, 6.07) is 6.86. The molecule has 0 radical (unpaired) electrons. The number of amides is 1. The summed E-state index contributed by atoms with van der Waals surface area (Å²) in [5.41, 5.74) is 0.975. The van der Waals surface area contributed by atoms with Crippen LogP contribution >= 0.6 is 15.9 Å². The molecule has 1 aromatic carbocycles. The van der Waals surface area contributed by atoms with Crippen LogP contribution in [0.15, 0.2) is 39.7 Å². The second kappa shape index (κ2) is 5.84. The number of nitrogens with one attached hydrogen (secondary N) is 1. The van der Waals surface area contributed by atoms with Crippen LogP contribution in [-0.2, 0) is 11.3 Å². The molecule has 3 rings (SSSR count). The second-order valence-electron chi connectivity index (χ2n) is 4.89. The van der Waals surface area contributed by atoms with Gasteiger partial charge in [-0.2, -0.15) is 0 Å². The van der Waals surface area contributed by atoms with Gasteiger partial charge in [0.1, 0.15) is 6.54 Å². The molecule has 1 N–H and O–H groups in total. The van der Waals surface area contributed by atoms with Gasteiger partial charge in [0.05, 0.1) is 0 Å². The number of ether oxygens (including phenoxy) is 2. The molecule has 0 aliphatic carbocycles. The SMILES string of the molecule is Cc1cc(Br)cn(CC(=O)Nc2ccc3c(c2)OCO3)c1=O. The van der Waals surface area contributed by atoms with Crippen molar-refractivity contribution in [2.45, 2.75) is 13.5 Å². The Hall–Kier alpha value is -2.28. The summed E-state index contributed by atoms with van der Waals surface area (Å²) in [5.74, 6) is 0.948. The van der Waals surface area contributed by atoms with Crippen LogP contribution in [0.2, 0.25) is 0 Å². The third kappa shape index (κ3) is 2.99. The van der Waals surface area contributed by atoms with Crippen molar-refractivity contribution in [1.82, 2.24) is 4.57 Å². The van der Waals surface area contributed by atoms with Crippen molar-refractivity contribution in [3.63, 3.8) is 0 Å². The van der Waals surface area contributed by atoms with E-state index in [0.29, 0.717) is 22.7 Å². The molecule has 1 aliphatic rings. The Morgan fingerprint density at radius 1 is 1.32 bits per heavy atom. The van der Waals surface area contributed by atoms with E-state index >= 15 is 0 Å². The number of halogens is 1. The molecule has 1 aromatic heterocycles. The van der Waals surface area contributed by atoms with Gasteiger partial charge in [0.25, 0.3) is 5.56 Å². The lowest BCUT2D eigenvalue weighted by Gasteiger charge is -2.09. The quantitative estimate of drug-likeness (QED) is 0.906. The molecule has 2 aromatic rings. The molecule has 1 amide bonds. The van der Waals surface area contributed by atoms with Crippen LogP contribution in [0.4, 0.5) is 5.69 Å². The number of hydrogen-bond donors (Lipinski definition) is 1. The lowest BCUT2D eigenvalue weighted by Crippen LogP contribution is -2.28. The van der Waals surface area contributed by atoms with Gasteiger partial charge in [-0.25, -0.2) is 0 Å². The zero-order valence-electron chi connectivity index (χ0n) is 11.8. The number of carbonyl (C=O) groups is 1. The number of nitrogens with zero attached hydrogens (tertiary/aromatic N) is 1. The first kappa shape index (κ1) is 14.6. The van der Waals surface area contributed by atoms with E-state index < -0.39 is 0 Å². The minimum Gasteiger partial charge on any atom is -0.454 e. The maximum absolute atomic E-state index is 12.1. The van der Waals surface area contributed by atoms with Gasteiger partial charge in [-0.1, -0.05) is 0 Å². The molecule has 7 heteroatoms. The van der Waals surface area contributed by atoms with Crippen molar-refractivity contribution in [1.29, 1.82) is 0 Å². The molecular weight excluding hydrogens is 352 g/mol. The normalized spacial score (nSPS) is 12.3. The highest BCUT2D eigenvalue weighted by Crippen LogP contribution is 2.34. The molecule has 0 fully saturated rings. The van der Waals surface area contributed by atoms with Crippen molar-refractivity contribution in [2.24, 2.45) is 0 Å². The summed E-state index contributed by atoms with van der Waals surface area (Å²) in [4.78, 5) is 24.1. The average Bonchev–Trinajstić information content (AvgIpc) is 2.91. The van der Waals surface area contributed by atoms with E-state index in [1.807, 2.05) is 0 Å². The number of hydrogen-bond acceptors (Lipinski definition) is 4. The first-order valence-corrected chi connectivity index (χ1v) is 7.38. The van der Waals surface area contributed by atoms with Crippen LogP contribution in [-0.4, -0.2) is 17.3 Å². The minimum atomic E-state index is -0.293. The van der Waals surface area contributed by atoms with Crippen molar-refractivity contribution in [2.75, 3.05) is 12.1 Å². The number of aryl methyl sites for hydroxylation is 1. The molecule has 0 unspecified atom stereocenters. The lowest BCUT2D eigenvalue weighted by molar-refractivity contribution is -0.116. The highest BCUT2D eigenvalue weighted by Gasteiger charge is 2.14. The summed E-state index contributed by atoms with van der Waals surface area (Å²) in [6.45, 7) is 1.83. The topological polar surface area (TPSA) is 69.6 Å². The van der Waals surface area contributed by atoms with E-state index in [-0.39, 0.29) is 24.8 Å². The molecule has 0 saturated heterocycles. The number of fused-ring (bicyclic) bond motifs is 1. The van der Waals surface area contributed by atoms with Gasteiger partial charge in [-0.3, -0.25) is 9.59 Å². The Labute approximate surface area is 134 Å². The van der Waals surface area contributed by atoms with Gasteiger partial charge in [-0.15, -0.1) is 0 Å². The molecule has 114 valence electrons. The van der Waals surface area contributed by atoms with Gasteiger partial charge >= 0.3 is 0 Å². The van der Waals surface area contributed by atoms with Crippen molar-refractivity contribution in [3.05, 3.63) is 50.9 Å². The Kier molecular flexibility index (Phi) is 3.89. The fourth-order valence-electron chi connectivity index (χ4n) is 2.19. The standard InChI is InChI=1S/C15H13BrN2O4/c1-9-4-10(16)6-18(15(9)20)7-14(19)17-11-2-3-12-13(5-11)22-8-21-12/h2-6H,7-8H2,1H3,(H,17,19). The predicted octanol–water partition coefficient (Wildman–Crippen LogP) is 2.29. The summed E-state index contributed by atoms with van der Waals surface area (Å²) in [5, 5.41) is 2.74. The fourth-order valence-corrected chi connectivity index (χ4v) is 2.78. The lowest BCUT2D eigenvalue weighted by atomic mass is 10.2. The van der Waals surface area contributed by atoms with E-state index in [4.69, 9.17) is 9.47 Å². The summed E-state index contributed by atoms with van der Waals surface area (Å²) >= 11 is 3.32. The summed E-state index contributed by atoms with van der Waals surface area (Å²) in [7, 11) is 0. The van der Waals surface area contributed by atoms with Gasteiger partial charge in [0.15, 0.2) is 11.5 Å². The fraction of sp³-hybridized carbons (Fsp3) is 0.200.